The number of fused-ring (bicyclic) bond motifs is 3. The third-order valence-electron chi connectivity index (χ3n) is 7.87. The fraction of sp³-hybridized carbons (Fsp3) is 0.536. The summed E-state index contributed by atoms with van der Waals surface area (Å²) in [5, 5.41) is 12.2. The number of terminal acetylenes is 1. The van der Waals surface area contributed by atoms with E-state index in [1.54, 1.807) is 0 Å². The average Bonchev–Trinajstić information content (AvgIpc) is 2.86. The van der Waals surface area contributed by atoms with Gasteiger partial charge in [0.15, 0.2) is 0 Å². The van der Waals surface area contributed by atoms with Crippen molar-refractivity contribution in [3.8, 4) is 12.3 Å². The van der Waals surface area contributed by atoms with Crippen LogP contribution in [0.25, 0.3) is 0 Å². The van der Waals surface area contributed by atoms with Gasteiger partial charge in [-0.2, -0.15) is 0 Å². The topological polar surface area (TPSA) is 48.8 Å². The van der Waals surface area contributed by atoms with Crippen LogP contribution in [0.3, 0.4) is 0 Å². The highest BCUT2D eigenvalue weighted by Crippen LogP contribution is 2.48. The van der Waals surface area contributed by atoms with Crippen molar-refractivity contribution in [2.24, 2.45) is 5.92 Å². The van der Waals surface area contributed by atoms with Crippen LogP contribution in [-0.2, 0) is 16.8 Å². The van der Waals surface area contributed by atoms with E-state index >= 15 is 0 Å². The summed E-state index contributed by atoms with van der Waals surface area (Å²) >= 11 is 0. The van der Waals surface area contributed by atoms with E-state index in [-0.39, 0.29) is 12.0 Å². The first kappa shape index (κ1) is 22.4. The number of hydrogen-bond acceptors (Lipinski definition) is 5. The molecule has 6 rings (SSSR count). The SMILES string of the molecule is C#CC1N2CCC(CC2)[C@@]1(O)c1ccc(N2CCC(OCC)CC2)nc1Cc1ccccc1. The van der Waals surface area contributed by atoms with Crippen molar-refractivity contribution >= 4 is 5.82 Å². The van der Waals surface area contributed by atoms with Crippen molar-refractivity contribution < 1.29 is 9.84 Å². The van der Waals surface area contributed by atoms with Crippen molar-refractivity contribution in [2.45, 2.75) is 56.8 Å². The van der Waals surface area contributed by atoms with E-state index in [0.717, 1.165) is 75.5 Å². The first-order valence-electron chi connectivity index (χ1n) is 12.5. The molecular formula is C28H35N3O2. The molecule has 174 valence electrons. The van der Waals surface area contributed by atoms with Gasteiger partial charge in [0.25, 0.3) is 0 Å². The lowest BCUT2D eigenvalue weighted by molar-refractivity contribution is -0.143. The molecule has 5 heteroatoms. The highest BCUT2D eigenvalue weighted by Gasteiger charge is 2.54. The van der Waals surface area contributed by atoms with Crippen LogP contribution >= 0.6 is 0 Å². The molecule has 0 radical (unpaired) electrons. The molecule has 0 aliphatic carbocycles. The summed E-state index contributed by atoms with van der Waals surface area (Å²) in [4.78, 5) is 9.80. The Morgan fingerprint density at radius 1 is 1.06 bits per heavy atom. The molecule has 0 amide bonds. The second-order valence-electron chi connectivity index (χ2n) is 9.67. The Labute approximate surface area is 197 Å². The normalized spacial score (nSPS) is 29.7. The molecule has 2 bridgehead atoms. The molecule has 4 aliphatic rings. The van der Waals surface area contributed by atoms with Gasteiger partial charge in [0, 0.05) is 31.7 Å². The maximum absolute atomic E-state index is 12.2. The average molecular weight is 446 g/mol. The lowest BCUT2D eigenvalue weighted by Crippen LogP contribution is -2.63. The van der Waals surface area contributed by atoms with Crippen molar-refractivity contribution in [3.05, 3.63) is 59.3 Å². The van der Waals surface area contributed by atoms with Gasteiger partial charge < -0.3 is 14.7 Å². The number of hydrogen-bond donors (Lipinski definition) is 1. The minimum Gasteiger partial charge on any atom is -0.382 e. The van der Waals surface area contributed by atoms with Gasteiger partial charge in [-0.25, -0.2) is 4.98 Å². The Balaban J connectivity index is 1.51. The third kappa shape index (κ3) is 4.17. The van der Waals surface area contributed by atoms with Gasteiger partial charge in [-0.15, -0.1) is 6.42 Å². The van der Waals surface area contributed by atoms with E-state index in [0.29, 0.717) is 12.5 Å². The molecule has 5 heterocycles. The zero-order valence-corrected chi connectivity index (χ0v) is 19.6. The number of aliphatic hydroxyl groups is 1. The zero-order valence-electron chi connectivity index (χ0n) is 19.6. The van der Waals surface area contributed by atoms with E-state index in [9.17, 15) is 5.11 Å². The zero-order chi connectivity index (χ0) is 22.8. The van der Waals surface area contributed by atoms with Gasteiger partial charge in [0.05, 0.1) is 11.8 Å². The predicted octanol–water partition coefficient (Wildman–Crippen LogP) is 3.59. The predicted molar refractivity (Wildman–Crippen MR) is 131 cm³/mol. The van der Waals surface area contributed by atoms with Gasteiger partial charge in [-0.05, 0) is 63.2 Å². The fourth-order valence-corrected chi connectivity index (χ4v) is 6.14. The van der Waals surface area contributed by atoms with Gasteiger partial charge in [0.1, 0.15) is 17.5 Å². The van der Waals surface area contributed by atoms with Crippen LogP contribution in [0.4, 0.5) is 5.82 Å². The number of piperidine rings is 4. The van der Waals surface area contributed by atoms with Crippen molar-refractivity contribution in [1.82, 2.24) is 9.88 Å². The quantitative estimate of drug-likeness (QED) is 0.689. The Kier molecular flexibility index (Phi) is 6.42. The number of pyridine rings is 1. The van der Waals surface area contributed by atoms with Crippen LogP contribution in [-0.4, -0.2) is 59.9 Å². The van der Waals surface area contributed by atoms with Crippen LogP contribution in [0.1, 0.15) is 49.4 Å². The molecule has 1 aromatic carbocycles. The minimum atomic E-state index is -1.05. The van der Waals surface area contributed by atoms with E-state index in [1.807, 2.05) is 6.07 Å². The number of nitrogens with zero attached hydrogens (tertiary/aromatic N) is 3. The summed E-state index contributed by atoms with van der Waals surface area (Å²) in [5.41, 5.74) is 2.00. The smallest absolute Gasteiger partial charge is 0.128 e. The third-order valence-corrected chi connectivity index (χ3v) is 7.87. The van der Waals surface area contributed by atoms with Crippen LogP contribution in [0, 0.1) is 18.3 Å². The molecule has 0 spiro atoms. The lowest BCUT2D eigenvalue weighted by atomic mass is 9.66. The summed E-state index contributed by atoms with van der Waals surface area (Å²) in [6.07, 6.45) is 11.0. The Morgan fingerprint density at radius 3 is 2.45 bits per heavy atom. The molecule has 4 saturated heterocycles. The van der Waals surface area contributed by atoms with Gasteiger partial charge >= 0.3 is 0 Å². The molecular weight excluding hydrogens is 410 g/mol. The molecule has 0 saturated carbocycles. The van der Waals surface area contributed by atoms with E-state index in [2.05, 4.69) is 59.0 Å². The Hall–Kier alpha value is -2.39. The van der Waals surface area contributed by atoms with Crippen LogP contribution in [0.2, 0.25) is 0 Å². The van der Waals surface area contributed by atoms with Crippen LogP contribution in [0.5, 0.6) is 0 Å². The fourth-order valence-electron chi connectivity index (χ4n) is 6.14. The van der Waals surface area contributed by atoms with E-state index in [1.165, 1.54) is 5.56 Å². The van der Waals surface area contributed by atoms with Crippen molar-refractivity contribution in [3.63, 3.8) is 0 Å². The maximum atomic E-state index is 12.2. The lowest BCUT2D eigenvalue weighted by Gasteiger charge is -2.54. The summed E-state index contributed by atoms with van der Waals surface area (Å²) < 4.78 is 5.83. The molecule has 4 fully saturated rings. The van der Waals surface area contributed by atoms with E-state index in [4.69, 9.17) is 16.1 Å². The van der Waals surface area contributed by atoms with E-state index < -0.39 is 5.60 Å². The second kappa shape index (κ2) is 9.46. The van der Waals surface area contributed by atoms with Crippen LogP contribution in [0.15, 0.2) is 42.5 Å². The molecule has 4 aliphatic heterocycles. The Morgan fingerprint density at radius 2 is 1.79 bits per heavy atom. The molecule has 2 atom stereocenters. The molecule has 1 aromatic heterocycles. The van der Waals surface area contributed by atoms with Gasteiger partial charge in [-0.3, -0.25) is 4.90 Å². The first-order chi connectivity index (χ1) is 16.1. The number of rotatable bonds is 6. The monoisotopic (exact) mass is 445 g/mol. The highest BCUT2D eigenvalue weighted by molar-refractivity contribution is 5.47. The number of benzene rings is 1. The van der Waals surface area contributed by atoms with Gasteiger partial charge in [0.2, 0.25) is 0 Å². The highest BCUT2D eigenvalue weighted by atomic mass is 16.5. The van der Waals surface area contributed by atoms with Gasteiger partial charge in [-0.1, -0.05) is 42.3 Å². The number of anilines is 1. The van der Waals surface area contributed by atoms with Crippen LogP contribution < -0.4 is 4.90 Å². The molecule has 5 nitrogen and oxygen atoms in total. The minimum absolute atomic E-state index is 0.174. The molecule has 1 unspecified atom stereocenters. The molecule has 2 aromatic rings. The number of aromatic nitrogens is 1. The second-order valence-corrected chi connectivity index (χ2v) is 9.67. The number of ether oxygens (including phenoxy) is 1. The Bertz CT molecular complexity index is 988. The molecule has 1 N–H and O–H groups in total. The standard InChI is InChI=1S/C28H35N3O2/c1-3-26-28(32,22-12-16-30(26)17-13-22)24-10-11-27(31-18-14-23(15-19-31)33-4-2)29-25(24)20-21-8-6-5-7-9-21/h1,5-11,22-23,26,32H,4,12-20H2,2H3/t26?,28-/m1/s1. The largest absolute Gasteiger partial charge is 0.382 e. The molecule has 33 heavy (non-hydrogen) atoms. The first-order valence-corrected chi connectivity index (χ1v) is 12.5. The summed E-state index contributed by atoms with van der Waals surface area (Å²) in [6, 6.07) is 14.3. The van der Waals surface area contributed by atoms with Crippen molar-refractivity contribution in [2.75, 3.05) is 37.7 Å². The summed E-state index contributed by atoms with van der Waals surface area (Å²) in [7, 11) is 0. The maximum Gasteiger partial charge on any atom is 0.128 e. The van der Waals surface area contributed by atoms with Crippen molar-refractivity contribution in [1.29, 1.82) is 0 Å². The summed E-state index contributed by atoms with van der Waals surface area (Å²) in [5.74, 6) is 4.10. The summed E-state index contributed by atoms with van der Waals surface area (Å²) in [6.45, 7) is 6.65.